The Morgan fingerprint density at radius 2 is 0.636 bits per heavy atom. The van der Waals surface area contributed by atoms with Crippen LogP contribution in [-0.4, -0.2) is 34.3 Å². The molecule has 0 aliphatic heterocycles. The molecule has 16 nitrogen and oxygen atoms in total. The van der Waals surface area contributed by atoms with E-state index in [1.54, 1.807) is 0 Å². The van der Waals surface area contributed by atoms with Gasteiger partial charge in [-0.2, -0.15) is 17.2 Å². The number of hydrogen-bond donors (Lipinski definition) is 7. The molecule has 22 heteroatoms. The summed E-state index contributed by atoms with van der Waals surface area (Å²) >= 11 is 0. The first-order valence-corrected chi connectivity index (χ1v) is 11.3. The van der Waals surface area contributed by atoms with E-state index >= 15 is 0 Å². The van der Waals surface area contributed by atoms with Crippen molar-refractivity contribution in [3.05, 3.63) is 0 Å². The summed E-state index contributed by atoms with van der Waals surface area (Å²) in [5, 5.41) is 0. The molecule has 0 aromatic heterocycles. The first kappa shape index (κ1) is 26.3. The number of phosphoric acid groups is 5. The van der Waals surface area contributed by atoms with Gasteiger partial charge in [-0.05, 0) is 0 Å². The third-order valence-electron chi connectivity index (χ3n) is 0.832. The van der Waals surface area contributed by atoms with Crippen LogP contribution >= 0.6 is 39.1 Å². The molecule has 0 amide bonds. The molecule has 0 aromatic rings. The van der Waals surface area contributed by atoms with Gasteiger partial charge in [0, 0.05) is 40.8 Å². The van der Waals surface area contributed by atoms with E-state index in [1.807, 2.05) is 0 Å². The van der Waals surface area contributed by atoms with Crippen molar-refractivity contribution >= 4 is 39.1 Å². The van der Waals surface area contributed by atoms with Crippen LogP contribution < -0.4 is 0 Å². The van der Waals surface area contributed by atoms with E-state index in [0.717, 1.165) is 0 Å². The maximum absolute atomic E-state index is 11.0. The molecule has 0 aliphatic rings. The Morgan fingerprint density at radius 1 is 0.455 bits per heavy atom. The fourth-order valence-corrected chi connectivity index (χ4v) is 5.97. The van der Waals surface area contributed by atoms with Crippen molar-refractivity contribution in [2.45, 2.75) is 0 Å². The molecule has 0 spiro atoms. The standard InChI is InChI=1S/Nd.H7O16P5/c;1-17(2,3)13-19(7,8)15-21(11,12)16-20(9,10)14-18(4,5)6/h;(H,7,8)(H,9,10)(H,11,12)(H2,1,2,3)(H2,4,5,6). The minimum atomic E-state index is -6.07. The predicted molar refractivity (Wildman–Crippen MR) is 57.9 cm³/mol. The van der Waals surface area contributed by atoms with Crippen LogP contribution in [0.5, 0.6) is 0 Å². The van der Waals surface area contributed by atoms with E-state index < -0.39 is 39.1 Å². The smallest absolute Gasteiger partial charge is 0.302 e. The van der Waals surface area contributed by atoms with Gasteiger partial charge >= 0.3 is 39.1 Å². The van der Waals surface area contributed by atoms with Gasteiger partial charge in [0.15, 0.2) is 0 Å². The molecular formula is H7NdO16P5. The Morgan fingerprint density at radius 3 is 0.818 bits per heavy atom. The molecule has 0 heterocycles. The molecule has 0 saturated carbocycles. The summed E-state index contributed by atoms with van der Waals surface area (Å²) in [5.74, 6) is 0. The van der Waals surface area contributed by atoms with Crippen molar-refractivity contribution < 1.29 is 115 Å². The van der Waals surface area contributed by atoms with Crippen molar-refractivity contribution in [1.82, 2.24) is 0 Å². The van der Waals surface area contributed by atoms with E-state index in [0.29, 0.717) is 0 Å². The summed E-state index contributed by atoms with van der Waals surface area (Å²) < 4.78 is 65.6. The zero-order valence-electron chi connectivity index (χ0n) is 9.54. The van der Waals surface area contributed by atoms with E-state index in [4.69, 9.17) is 34.3 Å². The monoisotopic (exact) mass is 560 g/mol. The molecule has 0 saturated heterocycles. The first-order valence-electron chi connectivity index (χ1n) is 3.77. The van der Waals surface area contributed by atoms with E-state index in [9.17, 15) is 22.8 Å². The number of hydrogen-bond acceptors (Lipinski definition) is 9. The summed E-state index contributed by atoms with van der Waals surface area (Å²) in [6.07, 6.45) is 0. The third-order valence-corrected chi connectivity index (χ3v) is 7.49. The minimum absolute atomic E-state index is 0. The summed E-state index contributed by atoms with van der Waals surface area (Å²) in [5.41, 5.74) is 0. The fourth-order valence-electron chi connectivity index (χ4n) is 0.574. The van der Waals surface area contributed by atoms with Gasteiger partial charge in [0.25, 0.3) is 0 Å². The molecule has 0 radical (unpaired) electrons. The van der Waals surface area contributed by atoms with Gasteiger partial charge in [0.05, 0.1) is 0 Å². The Bertz CT molecular complexity index is 552. The van der Waals surface area contributed by atoms with Crippen LogP contribution in [0.25, 0.3) is 0 Å². The van der Waals surface area contributed by atoms with Gasteiger partial charge in [-0.3, -0.25) is 0 Å². The topological polar surface area (TPSA) is 264 Å². The molecule has 132 valence electrons. The third kappa shape index (κ3) is 14.4. The second kappa shape index (κ2) is 8.63. The average Bonchev–Trinajstić information content (AvgIpc) is 1.83. The normalized spacial score (nSPS) is 21.0. The Hall–Kier alpha value is 2.06. The van der Waals surface area contributed by atoms with E-state index in [1.165, 1.54) is 0 Å². The predicted octanol–water partition coefficient (Wildman–Crippen LogP) is -0.461. The van der Waals surface area contributed by atoms with Crippen molar-refractivity contribution in [3.63, 3.8) is 0 Å². The van der Waals surface area contributed by atoms with Gasteiger partial charge in [-0.1, -0.05) is 0 Å². The molecule has 22 heavy (non-hydrogen) atoms. The van der Waals surface area contributed by atoms with Crippen molar-refractivity contribution in [2.24, 2.45) is 0 Å². The molecule has 0 aliphatic carbocycles. The van der Waals surface area contributed by atoms with Crippen LogP contribution in [0.2, 0.25) is 0 Å². The van der Waals surface area contributed by atoms with Gasteiger partial charge in [0.2, 0.25) is 0 Å². The molecule has 0 rings (SSSR count). The van der Waals surface area contributed by atoms with Gasteiger partial charge < -0.3 is 34.3 Å². The second-order valence-electron chi connectivity index (χ2n) is 2.71. The maximum atomic E-state index is 11.0. The molecule has 7 N–H and O–H groups in total. The van der Waals surface area contributed by atoms with Crippen LogP contribution in [0.4, 0.5) is 0 Å². The van der Waals surface area contributed by atoms with Crippen LogP contribution in [0.15, 0.2) is 0 Å². The quantitative estimate of drug-likeness (QED) is 0.185. The molecule has 0 aromatic carbocycles. The maximum Gasteiger partial charge on any atom is 0.490 e. The van der Waals surface area contributed by atoms with Crippen LogP contribution in [-0.2, 0) is 40.1 Å². The second-order valence-corrected chi connectivity index (χ2v) is 10.1. The summed E-state index contributed by atoms with van der Waals surface area (Å²) in [7, 11) is -29.3. The zero-order chi connectivity index (χ0) is 17.3. The van der Waals surface area contributed by atoms with Gasteiger partial charge in [-0.15, -0.1) is 0 Å². The van der Waals surface area contributed by atoms with Crippen LogP contribution in [0.1, 0.15) is 0 Å². The van der Waals surface area contributed by atoms with Crippen molar-refractivity contribution in [2.75, 3.05) is 0 Å². The van der Waals surface area contributed by atoms with Crippen LogP contribution in [0, 0.1) is 40.8 Å². The molecule has 0 bridgehead atoms. The zero-order valence-corrected chi connectivity index (χ0v) is 17.2. The van der Waals surface area contributed by atoms with Crippen LogP contribution in [0.3, 0.4) is 0 Å². The van der Waals surface area contributed by atoms with Gasteiger partial charge in [0.1, 0.15) is 0 Å². The summed E-state index contributed by atoms with van der Waals surface area (Å²) in [6.45, 7) is 0. The Balaban J connectivity index is 0. The largest absolute Gasteiger partial charge is 0.490 e. The molecule has 2 atom stereocenters. The molecular weight excluding hydrogens is 555 g/mol. The van der Waals surface area contributed by atoms with E-state index in [2.05, 4.69) is 17.2 Å². The van der Waals surface area contributed by atoms with E-state index in [-0.39, 0.29) is 40.8 Å². The van der Waals surface area contributed by atoms with Crippen molar-refractivity contribution in [1.29, 1.82) is 0 Å². The van der Waals surface area contributed by atoms with Gasteiger partial charge in [-0.25, -0.2) is 22.8 Å². The molecule has 0 fully saturated rings. The van der Waals surface area contributed by atoms with Crippen molar-refractivity contribution in [3.8, 4) is 0 Å². The Kier molecular flexibility index (Phi) is 10.3. The molecule has 2 unspecified atom stereocenters. The SMILES string of the molecule is O=P(O)(O)OP(=O)(O)OP(=O)(O)OP(=O)(O)OP(=O)(O)O.[Nd]. The minimum Gasteiger partial charge on any atom is -0.302 e. The Labute approximate surface area is 153 Å². The summed E-state index contributed by atoms with van der Waals surface area (Å²) in [6, 6.07) is 0. The fraction of sp³-hybridized carbons (Fsp3) is 0. The number of rotatable bonds is 8. The average molecular weight is 562 g/mol. The first-order chi connectivity index (χ1) is 8.83. The summed E-state index contributed by atoms with van der Waals surface area (Å²) in [4.78, 5) is 58.7.